The number of carbonyl (C=O) groups excluding carboxylic acids is 1. The van der Waals surface area contributed by atoms with Crippen LogP contribution in [-0.2, 0) is 10.2 Å². The van der Waals surface area contributed by atoms with Crippen molar-refractivity contribution in [1.82, 2.24) is 5.32 Å². The van der Waals surface area contributed by atoms with Gasteiger partial charge in [-0.15, -0.1) is 0 Å². The molecule has 1 aliphatic heterocycles. The van der Waals surface area contributed by atoms with Crippen molar-refractivity contribution < 1.29 is 9.90 Å². The molecule has 1 aromatic carbocycles. The molecule has 1 aliphatic rings. The quantitative estimate of drug-likeness (QED) is 0.834. The van der Waals surface area contributed by atoms with Crippen molar-refractivity contribution in [2.45, 2.75) is 44.1 Å². The standard InChI is InChI=1S/C17H24ClNO2S/c1-3-17(4-2,13-5-7-14(18)8-6-13)15(20)19-11-16(21)9-10-22-12-16/h5-8,21H,3-4,9-12H2,1-2H3,(H,19,20). The molecule has 22 heavy (non-hydrogen) atoms. The van der Waals surface area contributed by atoms with E-state index in [1.807, 2.05) is 38.1 Å². The summed E-state index contributed by atoms with van der Waals surface area (Å²) in [6.45, 7) is 4.38. The minimum absolute atomic E-state index is 0.00912. The number of rotatable bonds is 6. The fourth-order valence-electron chi connectivity index (χ4n) is 3.03. The predicted octanol–water partition coefficient (Wildman–Crippen LogP) is 3.38. The van der Waals surface area contributed by atoms with Crippen molar-refractivity contribution in [2.75, 3.05) is 18.1 Å². The molecule has 1 atom stereocenters. The summed E-state index contributed by atoms with van der Waals surface area (Å²) in [4.78, 5) is 12.8. The van der Waals surface area contributed by atoms with Gasteiger partial charge in [-0.1, -0.05) is 37.6 Å². The lowest BCUT2D eigenvalue weighted by Crippen LogP contribution is -2.50. The molecular weight excluding hydrogens is 318 g/mol. The van der Waals surface area contributed by atoms with Gasteiger partial charge in [-0.2, -0.15) is 11.8 Å². The third kappa shape index (κ3) is 3.61. The molecule has 5 heteroatoms. The fourth-order valence-corrected chi connectivity index (χ4v) is 4.45. The number of amides is 1. The molecular formula is C17H24ClNO2S. The number of hydrogen-bond donors (Lipinski definition) is 2. The second kappa shape index (κ2) is 7.24. The lowest BCUT2D eigenvalue weighted by atomic mass is 9.75. The third-order valence-electron chi connectivity index (χ3n) is 4.70. The van der Waals surface area contributed by atoms with Gasteiger partial charge in [0.2, 0.25) is 5.91 Å². The van der Waals surface area contributed by atoms with Crippen molar-refractivity contribution in [3.63, 3.8) is 0 Å². The van der Waals surface area contributed by atoms with Gasteiger partial charge in [-0.05, 0) is 42.7 Å². The van der Waals surface area contributed by atoms with Crippen LogP contribution in [0.1, 0.15) is 38.7 Å². The van der Waals surface area contributed by atoms with E-state index in [-0.39, 0.29) is 5.91 Å². The van der Waals surface area contributed by atoms with Crippen LogP contribution in [0, 0.1) is 0 Å². The van der Waals surface area contributed by atoms with E-state index >= 15 is 0 Å². The van der Waals surface area contributed by atoms with Crippen molar-refractivity contribution in [2.24, 2.45) is 0 Å². The van der Waals surface area contributed by atoms with Crippen molar-refractivity contribution >= 4 is 29.3 Å². The molecule has 1 heterocycles. The number of carbonyl (C=O) groups is 1. The number of aliphatic hydroxyl groups is 1. The highest BCUT2D eigenvalue weighted by Gasteiger charge is 2.39. The number of nitrogens with one attached hydrogen (secondary N) is 1. The summed E-state index contributed by atoms with van der Waals surface area (Å²) in [5.74, 6) is 1.64. The van der Waals surface area contributed by atoms with Crippen LogP contribution in [0.25, 0.3) is 0 Å². The molecule has 2 N–H and O–H groups in total. The molecule has 1 fully saturated rings. The van der Waals surface area contributed by atoms with Crippen LogP contribution in [0.2, 0.25) is 5.02 Å². The van der Waals surface area contributed by atoms with E-state index in [1.54, 1.807) is 11.8 Å². The highest BCUT2D eigenvalue weighted by atomic mass is 35.5. The minimum atomic E-state index is -0.756. The van der Waals surface area contributed by atoms with Gasteiger partial charge in [0.25, 0.3) is 0 Å². The topological polar surface area (TPSA) is 49.3 Å². The van der Waals surface area contributed by atoms with Crippen LogP contribution >= 0.6 is 23.4 Å². The molecule has 1 amide bonds. The second-order valence-corrected chi connectivity index (χ2v) is 7.55. The van der Waals surface area contributed by atoms with Crippen LogP contribution in [0.3, 0.4) is 0 Å². The summed E-state index contributed by atoms with van der Waals surface area (Å²) in [7, 11) is 0. The highest BCUT2D eigenvalue weighted by molar-refractivity contribution is 7.99. The van der Waals surface area contributed by atoms with E-state index in [4.69, 9.17) is 11.6 Å². The van der Waals surface area contributed by atoms with E-state index < -0.39 is 11.0 Å². The first kappa shape index (κ1) is 17.6. The molecule has 0 aromatic heterocycles. The molecule has 0 radical (unpaired) electrons. The summed E-state index contributed by atoms with van der Waals surface area (Å²) >= 11 is 7.69. The fraction of sp³-hybridized carbons (Fsp3) is 0.588. The van der Waals surface area contributed by atoms with Crippen LogP contribution in [0.15, 0.2) is 24.3 Å². The molecule has 0 spiro atoms. The van der Waals surface area contributed by atoms with Gasteiger partial charge in [0, 0.05) is 17.3 Å². The van der Waals surface area contributed by atoms with E-state index in [9.17, 15) is 9.90 Å². The summed E-state index contributed by atoms with van der Waals surface area (Å²) in [6.07, 6.45) is 2.17. The first-order chi connectivity index (χ1) is 10.5. The van der Waals surface area contributed by atoms with E-state index in [2.05, 4.69) is 5.32 Å². The van der Waals surface area contributed by atoms with Crippen LogP contribution in [0.4, 0.5) is 0 Å². The SMILES string of the molecule is CCC(CC)(C(=O)NCC1(O)CCSC1)c1ccc(Cl)cc1. The van der Waals surface area contributed by atoms with Crippen molar-refractivity contribution in [3.8, 4) is 0 Å². The number of benzene rings is 1. The number of thioether (sulfide) groups is 1. The average molecular weight is 342 g/mol. The van der Waals surface area contributed by atoms with Crippen LogP contribution in [-0.4, -0.2) is 34.7 Å². The summed E-state index contributed by atoms with van der Waals surface area (Å²) in [5, 5.41) is 14.1. The van der Waals surface area contributed by atoms with Gasteiger partial charge in [0.05, 0.1) is 11.0 Å². The largest absolute Gasteiger partial charge is 0.387 e. The zero-order valence-corrected chi connectivity index (χ0v) is 14.8. The summed E-state index contributed by atoms with van der Waals surface area (Å²) in [6, 6.07) is 7.50. The van der Waals surface area contributed by atoms with E-state index in [0.29, 0.717) is 30.2 Å². The molecule has 0 bridgehead atoms. The molecule has 1 unspecified atom stereocenters. The first-order valence-electron chi connectivity index (χ1n) is 7.80. The van der Waals surface area contributed by atoms with Gasteiger partial charge in [0.1, 0.15) is 0 Å². The monoisotopic (exact) mass is 341 g/mol. The average Bonchev–Trinajstić information content (AvgIpc) is 2.96. The van der Waals surface area contributed by atoms with E-state index in [0.717, 1.165) is 17.7 Å². The molecule has 1 saturated heterocycles. The third-order valence-corrected chi connectivity index (χ3v) is 6.19. The van der Waals surface area contributed by atoms with Gasteiger partial charge in [-0.25, -0.2) is 0 Å². The maximum absolute atomic E-state index is 12.8. The summed E-state index contributed by atoms with van der Waals surface area (Å²) in [5.41, 5.74) is -0.340. The Morgan fingerprint density at radius 3 is 2.50 bits per heavy atom. The Hall–Kier alpha value is -0.710. The van der Waals surface area contributed by atoms with Gasteiger partial charge < -0.3 is 10.4 Å². The number of hydrogen-bond acceptors (Lipinski definition) is 3. The first-order valence-corrected chi connectivity index (χ1v) is 9.33. The lowest BCUT2D eigenvalue weighted by molar-refractivity contribution is -0.128. The van der Waals surface area contributed by atoms with E-state index in [1.165, 1.54) is 0 Å². The normalized spacial score (nSPS) is 21.8. The summed E-state index contributed by atoms with van der Waals surface area (Å²) < 4.78 is 0. The van der Waals surface area contributed by atoms with Gasteiger partial charge in [0.15, 0.2) is 0 Å². The molecule has 1 aromatic rings. The van der Waals surface area contributed by atoms with Crippen LogP contribution < -0.4 is 5.32 Å². The van der Waals surface area contributed by atoms with Gasteiger partial charge in [-0.3, -0.25) is 4.79 Å². The maximum atomic E-state index is 12.8. The number of halogens is 1. The Morgan fingerprint density at radius 1 is 1.36 bits per heavy atom. The highest BCUT2D eigenvalue weighted by Crippen LogP contribution is 2.33. The minimum Gasteiger partial charge on any atom is -0.387 e. The van der Waals surface area contributed by atoms with Crippen molar-refractivity contribution in [1.29, 1.82) is 0 Å². The molecule has 0 saturated carbocycles. The molecule has 3 nitrogen and oxygen atoms in total. The Kier molecular flexibility index (Phi) is 5.81. The molecule has 2 rings (SSSR count). The lowest BCUT2D eigenvalue weighted by Gasteiger charge is -2.32. The smallest absolute Gasteiger partial charge is 0.230 e. The molecule has 122 valence electrons. The maximum Gasteiger partial charge on any atom is 0.230 e. The molecule has 0 aliphatic carbocycles. The van der Waals surface area contributed by atoms with Crippen LogP contribution in [0.5, 0.6) is 0 Å². The van der Waals surface area contributed by atoms with Gasteiger partial charge >= 0.3 is 0 Å². The Labute approximate surface area is 141 Å². The Morgan fingerprint density at radius 2 is 2.00 bits per heavy atom. The second-order valence-electron chi connectivity index (χ2n) is 6.01. The van der Waals surface area contributed by atoms with Crippen molar-refractivity contribution in [3.05, 3.63) is 34.9 Å². The Balaban J connectivity index is 2.15. The Bertz CT molecular complexity index is 508. The predicted molar refractivity (Wildman–Crippen MR) is 93.6 cm³/mol. The zero-order chi connectivity index (χ0) is 16.2. The zero-order valence-electron chi connectivity index (χ0n) is 13.2.